The van der Waals surface area contributed by atoms with Crippen molar-refractivity contribution in [2.75, 3.05) is 0 Å². The first-order chi connectivity index (χ1) is 4.33. The summed E-state index contributed by atoms with van der Waals surface area (Å²) >= 11 is 0. The van der Waals surface area contributed by atoms with E-state index in [-0.39, 0.29) is 6.10 Å². The zero-order valence-electron chi connectivity index (χ0n) is 5.16. The third-order valence-electron chi connectivity index (χ3n) is 2.64. The molecule has 0 aromatic rings. The number of fused-ring (bicyclic) bond motifs is 1. The topological polar surface area (TPSA) is 37.3 Å². The fraction of sp³-hybridized carbons (Fsp3) is 0.857. The molecule has 2 heteroatoms. The number of aldehydes is 1. The van der Waals surface area contributed by atoms with E-state index in [4.69, 9.17) is 5.11 Å². The number of carbonyl (C=O) groups is 1. The van der Waals surface area contributed by atoms with Gasteiger partial charge in [-0.3, -0.25) is 0 Å². The van der Waals surface area contributed by atoms with Crippen molar-refractivity contribution in [3.63, 3.8) is 0 Å². The van der Waals surface area contributed by atoms with Crippen LogP contribution in [-0.2, 0) is 4.79 Å². The van der Waals surface area contributed by atoms with Gasteiger partial charge in [0.25, 0.3) is 0 Å². The third-order valence-corrected chi connectivity index (χ3v) is 2.64. The fourth-order valence-electron chi connectivity index (χ4n) is 2.06. The first-order valence-electron chi connectivity index (χ1n) is 3.46. The van der Waals surface area contributed by atoms with Crippen molar-refractivity contribution in [2.24, 2.45) is 17.8 Å². The Morgan fingerprint density at radius 3 is 2.33 bits per heavy atom. The molecule has 50 valence electrons. The molecule has 2 fully saturated rings. The Bertz CT molecular complexity index is 132. The first-order valence-corrected chi connectivity index (χ1v) is 3.46. The van der Waals surface area contributed by atoms with Gasteiger partial charge in [-0.05, 0) is 24.7 Å². The molecule has 1 N–H and O–H groups in total. The molecule has 2 aliphatic rings. The second kappa shape index (κ2) is 1.57. The van der Waals surface area contributed by atoms with Crippen LogP contribution < -0.4 is 0 Å². The average Bonchev–Trinajstić information content (AvgIpc) is 2.30. The van der Waals surface area contributed by atoms with Crippen LogP contribution in [0, 0.1) is 17.8 Å². The van der Waals surface area contributed by atoms with Crippen molar-refractivity contribution in [1.29, 1.82) is 0 Å². The Hall–Kier alpha value is -0.370. The van der Waals surface area contributed by atoms with Crippen LogP contribution in [0.5, 0.6) is 0 Å². The Morgan fingerprint density at radius 1 is 1.33 bits per heavy atom. The smallest absolute Gasteiger partial charge is 0.123 e. The van der Waals surface area contributed by atoms with E-state index in [0.717, 1.165) is 19.1 Å². The highest BCUT2D eigenvalue weighted by molar-refractivity contribution is 5.60. The molecule has 0 aliphatic heterocycles. The maximum absolute atomic E-state index is 10.2. The number of aliphatic hydroxyl groups is 1. The van der Waals surface area contributed by atoms with Crippen molar-refractivity contribution < 1.29 is 9.90 Å². The molecule has 2 aliphatic carbocycles. The summed E-state index contributed by atoms with van der Waals surface area (Å²) in [5.74, 6) is 1.42. The summed E-state index contributed by atoms with van der Waals surface area (Å²) in [6.45, 7) is 0. The molecular weight excluding hydrogens is 116 g/mol. The molecule has 2 saturated carbocycles. The molecule has 0 heterocycles. The maximum atomic E-state index is 10.2. The van der Waals surface area contributed by atoms with E-state index in [2.05, 4.69) is 0 Å². The van der Waals surface area contributed by atoms with Gasteiger partial charge in [-0.2, -0.15) is 0 Å². The number of aliphatic hydroxyl groups excluding tert-OH is 1. The molecule has 2 rings (SSSR count). The summed E-state index contributed by atoms with van der Waals surface area (Å²) in [5, 5.41) is 9.03. The highest BCUT2D eigenvalue weighted by atomic mass is 16.3. The lowest BCUT2D eigenvalue weighted by Gasteiger charge is -2.01. The van der Waals surface area contributed by atoms with Gasteiger partial charge >= 0.3 is 0 Å². The number of rotatable bonds is 1. The van der Waals surface area contributed by atoms with Crippen LogP contribution in [0.25, 0.3) is 0 Å². The number of hydrogen-bond acceptors (Lipinski definition) is 2. The van der Waals surface area contributed by atoms with Crippen LogP contribution in [0.1, 0.15) is 12.8 Å². The fourth-order valence-corrected chi connectivity index (χ4v) is 2.06. The number of hydrogen-bond donors (Lipinski definition) is 1. The van der Waals surface area contributed by atoms with E-state index in [1.54, 1.807) is 0 Å². The molecule has 2 atom stereocenters. The zero-order valence-corrected chi connectivity index (χ0v) is 5.16. The minimum Gasteiger partial charge on any atom is -0.393 e. The lowest BCUT2D eigenvalue weighted by molar-refractivity contribution is -0.109. The van der Waals surface area contributed by atoms with Gasteiger partial charge in [0, 0.05) is 5.92 Å². The van der Waals surface area contributed by atoms with E-state index < -0.39 is 0 Å². The Kier molecular flexibility index (Phi) is 0.943. The van der Waals surface area contributed by atoms with E-state index in [1.165, 1.54) is 0 Å². The third kappa shape index (κ3) is 0.628. The molecule has 0 radical (unpaired) electrons. The van der Waals surface area contributed by atoms with Crippen LogP contribution in [-0.4, -0.2) is 17.5 Å². The van der Waals surface area contributed by atoms with Crippen LogP contribution in [0.4, 0.5) is 0 Å². The van der Waals surface area contributed by atoms with Gasteiger partial charge in [0.05, 0.1) is 6.10 Å². The van der Waals surface area contributed by atoms with Crippen molar-refractivity contribution >= 4 is 6.29 Å². The quantitative estimate of drug-likeness (QED) is 0.510. The Labute approximate surface area is 53.9 Å². The van der Waals surface area contributed by atoms with Gasteiger partial charge in [0.1, 0.15) is 6.29 Å². The lowest BCUT2D eigenvalue weighted by atomic mass is 10.1. The highest BCUT2D eigenvalue weighted by Gasteiger charge is 2.55. The zero-order chi connectivity index (χ0) is 6.43. The van der Waals surface area contributed by atoms with Crippen molar-refractivity contribution in [3.8, 4) is 0 Å². The van der Waals surface area contributed by atoms with Crippen LogP contribution >= 0.6 is 0 Å². The normalized spacial score (nSPS) is 54.8. The van der Waals surface area contributed by atoms with Crippen LogP contribution in [0.3, 0.4) is 0 Å². The predicted octanol–water partition coefficient (Wildman–Crippen LogP) is 0.202. The Morgan fingerprint density at radius 2 is 1.89 bits per heavy atom. The van der Waals surface area contributed by atoms with E-state index in [9.17, 15) is 4.79 Å². The van der Waals surface area contributed by atoms with Gasteiger partial charge in [-0.15, -0.1) is 0 Å². The van der Waals surface area contributed by atoms with Gasteiger partial charge < -0.3 is 9.90 Å². The number of carbonyl (C=O) groups excluding carboxylic acids is 1. The summed E-state index contributed by atoms with van der Waals surface area (Å²) < 4.78 is 0. The molecule has 0 aromatic carbocycles. The highest BCUT2D eigenvalue weighted by Crippen LogP contribution is 2.56. The summed E-state index contributed by atoms with van der Waals surface area (Å²) in [7, 11) is 0. The summed E-state index contributed by atoms with van der Waals surface area (Å²) in [6, 6.07) is 0. The monoisotopic (exact) mass is 126 g/mol. The summed E-state index contributed by atoms with van der Waals surface area (Å²) in [4.78, 5) is 10.2. The van der Waals surface area contributed by atoms with Gasteiger partial charge in [0.15, 0.2) is 0 Å². The van der Waals surface area contributed by atoms with Crippen molar-refractivity contribution in [1.82, 2.24) is 0 Å². The lowest BCUT2D eigenvalue weighted by Crippen LogP contribution is -2.05. The van der Waals surface area contributed by atoms with E-state index in [0.29, 0.717) is 17.8 Å². The summed E-state index contributed by atoms with van der Waals surface area (Å²) in [5.41, 5.74) is 0. The van der Waals surface area contributed by atoms with Crippen LogP contribution in [0.15, 0.2) is 0 Å². The molecular formula is C7H10O2. The molecule has 2 nitrogen and oxygen atoms in total. The van der Waals surface area contributed by atoms with E-state index >= 15 is 0 Å². The standard InChI is InChI=1S/C7H10O2/c8-3-7-5-1-4(9)2-6(5)7/h3-7,9H,1-2H2. The van der Waals surface area contributed by atoms with Gasteiger partial charge in [-0.1, -0.05) is 0 Å². The second-order valence-electron chi connectivity index (χ2n) is 3.17. The van der Waals surface area contributed by atoms with Crippen molar-refractivity contribution in [2.45, 2.75) is 18.9 Å². The average molecular weight is 126 g/mol. The molecule has 0 bridgehead atoms. The molecule has 0 amide bonds. The van der Waals surface area contributed by atoms with Gasteiger partial charge in [0.2, 0.25) is 0 Å². The molecule has 9 heavy (non-hydrogen) atoms. The largest absolute Gasteiger partial charge is 0.393 e. The second-order valence-corrected chi connectivity index (χ2v) is 3.17. The predicted molar refractivity (Wildman–Crippen MR) is 31.8 cm³/mol. The minimum atomic E-state index is -0.101. The minimum absolute atomic E-state index is 0.101. The van der Waals surface area contributed by atoms with Gasteiger partial charge in [-0.25, -0.2) is 0 Å². The maximum Gasteiger partial charge on any atom is 0.123 e. The van der Waals surface area contributed by atoms with Crippen LogP contribution in [0.2, 0.25) is 0 Å². The molecule has 0 saturated heterocycles. The Balaban J connectivity index is 1.98. The summed E-state index contributed by atoms with van der Waals surface area (Å²) in [6.07, 6.45) is 2.68. The molecule has 2 unspecified atom stereocenters. The van der Waals surface area contributed by atoms with E-state index in [1.807, 2.05) is 0 Å². The van der Waals surface area contributed by atoms with Crippen molar-refractivity contribution in [3.05, 3.63) is 0 Å². The first kappa shape index (κ1) is 5.42. The molecule has 0 spiro atoms. The molecule has 0 aromatic heterocycles. The SMILES string of the molecule is O=CC1C2CC(O)CC12.